The number of carbonyl (C=O) groups is 1. The molecule has 0 radical (unpaired) electrons. The molecule has 4 nitrogen and oxygen atoms in total. The fourth-order valence-corrected chi connectivity index (χ4v) is 3.13. The first-order valence-corrected chi connectivity index (χ1v) is 9.01. The van der Waals surface area contributed by atoms with Crippen LogP contribution in [0.25, 0.3) is 0 Å². The third kappa shape index (κ3) is 5.41. The summed E-state index contributed by atoms with van der Waals surface area (Å²) in [4.78, 5) is 17.3. The van der Waals surface area contributed by atoms with Gasteiger partial charge in [0.1, 0.15) is 0 Å². The van der Waals surface area contributed by atoms with Crippen molar-refractivity contribution in [3.05, 3.63) is 71.8 Å². The van der Waals surface area contributed by atoms with Crippen LogP contribution in [0.3, 0.4) is 0 Å². The van der Waals surface area contributed by atoms with E-state index in [0.29, 0.717) is 6.54 Å². The molecule has 1 fully saturated rings. The quantitative estimate of drug-likeness (QED) is 0.778. The van der Waals surface area contributed by atoms with Crippen molar-refractivity contribution in [2.45, 2.75) is 13.0 Å². The number of benzene rings is 2. The second kappa shape index (κ2) is 9.35. The fourth-order valence-electron chi connectivity index (χ4n) is 3.13. The topological polar surface area (TPSA) is 32.8 Å². The number of ether oxygens (including phenoxy) is 1. The number of amides is 1. The van der Waals surface area contributed by atoms with Gasteiger partial charge in [-0.3, -0.25) is 9.69 Å². The zero-order chi connectivity index (χ0) is 17.3. The smallest absolute Gasteiger partial charge is 0.254 e. The summed E-state index contributed by atoms with van der Waals surface area (Å²) in [7, 11) is 0. The van der Waals surface area contributed by atoms with Gasteiger partial charge in [0.2, 0.25) is 0 Å². The molecule has 0 bridgehead atoms. The van der Waals surface area contributed by atoms with Crippen molar-refractivity contribution in [2.75, 3.05) is 39.4 Å². The molecule has 132 valence electrons. The van der Waals surface area contributed by atoms with Gasteiger partial charge in [-0.05, 0) is 24.1 Å². The fraction of sp³-hybridized carbons (Fsp3) is 0.381. The Morgan fingerprint density at radius 2 is 1.60 bits per heavy atom. The Balaban J connectivity index is 1.62. The molecule has 1 heterocycles. The number of carbonyl (C=O) groups excluding carboxylic acids is 1. The molecule has 2 aromatic carbocycles. The van der Waals surface area contributed by atoms with Gasteiger partial charge >= 0.3 is 0 Å². The van der Waals surface area contributed by atoms with Gasteiger partial charge in [0.05, 0.1) is 13.2 Å². The van der Waals surface area contributed by atoms with E-state index in [0.717, 1.165) is 56.9 Å². The molecule has 0 N–H and O–H groups in total. The first kappa shape index (κ1) is 17.6. The van der Waals surface area contributed by atoms with Crippen LogP contribution in [0.2, 0.25) is 0 Å². The lowest BCUT2D eigenvalue weighted by Gasteiger charge is -2.28. The molecule has 0 aromatic heterocycles. The van der Waals surface area contributed by atoms with Crippen LogP contribution in [-0.2, 0) is 11.3 Å². The number of hydrogen-bond donors (Lipinski definition) is 0. The average molecular weight is 338 g/mol. The summed E-state index contributed by atoms with van der Waals surface area (Å²) < 4.78 is 5.40. The maximum Gasteiger partial charge on any atom is 0.254 e. The molecule has 0 atom stereocenters. The first-order valence-electron chi connectivity index (χ1n) is 9.01. The van der Waals surface area contributed by atoms with E-state index >= 15 is 0 Å². The van der Waals surface area contributed by atoms with E-state index in [1.54, 1.807) is 0 Å². The Morgan fingerprint density at radius 1 is 0.960 bits per heavy atom. The van der Waals surface area contributed by atoms with Gasteiger partial charge < -0.3 is 9.64 Å². The second-order valence-corrected chi connectivity index (χ2v) is 6.39. The molecule has 25 heavy (non-hydrogen) atoms. The van der Waals surface area contributed by atoms with E-state index in [4.69, 9.17) is 4.74 Å². The molecule has 1 aliphatic rings. The van der Waals surface area contributed by atoms with Crippen LogP contribution in [0.15, 0.2) is 60.7 Å². The lowest BCUT2D eigenvalue weighted by Crippen LogP contribution is -2.39. The number of hydrogen-bond acceptors (Lipinski definition) is 3. The van der Waals surface area contributed by atoms with E-state index in [1.807, 2.05) is 53.4 Å². The van der Waals surface area contributed by atoms with E-state index < -0.39 is 0 Å². The van der Waals surface area contributed by atoms with Gasteiger partial charge in [0.25, 0.3) is 5.91 Å². The monoisotopic (exact) mass is 338 g/mol. The third-order valence-electron chi connectivity index (χ3n) is 4.53. The third-order valence-corrected chi connectivity index (χ3v) is 4.53. The largest absolute Gasteiger partial charge is 0.379 e. The van der Waals surface area contributed by atoms with Crippen LogP contribution in [0.5, 0.6) is 0 Å². The number of nitrogens with zero attached hydrogens (tertiary/aromatic N) is 2. The molecule has 0 unspecified atom stereocenters. The molecular weight excluding hydrogens is 312 g/mol. The van der Waals surface area contributed by atoms with Crippen LogP contribution >= 0.6 is 0 Å². The lowest BCUT2D eigenvalue weighted by atomic mass is 10.1. The Morgan fingerprint density at radius 3 is 2.28 bits per heavy atom. The number of rotatable bonds is 7. The Bertz CT molecular complexity index is 639. The van der Waals surface area contributed by atoms with Crippen LogP contribution < -0.4 is 0 Å². The molecular formula is C21H26N2O2. The van der Waals surface area contributed by atoms with Crippen molar-refractivity contribution in [3.63, 3.8) is 0 Å². The SMILES string of the molecule is O=C(c1ccccc1)N(CCCN1CCOCC1)Cc1ccccc1. The summed E-state index contributed by atoms with van der Waals surface area (Å²) in [6, 6.07) is 19.8. The van der Waals surface area contributed by atoms with Crippen molar-refractivity contribution >= 4 is 5.91 Å². The lowest BCUT2D eigenvalue weighted by molar-refractivity contribution is 0.0355. The summed E-state index contributed by atoms with van der Waals surface area (Å²) in [6.07, 6.45) is 0.978. The highest BCUT2D eigenvalue weighted by atomic mass is 16.5. The molecule has 0 saturated carbocycles. The summed E-state index contributed by atoms with van der Waals surface area (Å²) >= 11 is 0. The van der Waals surface area contributed by atoms with E-state index in [-0.39, 0.29) is 5.91 Å². The Kier molecular flexibility index (Phi) is 6.60. The van der Waals surface area contributed by atoms with E-state index in [2.05, 4.69) is 17.0 Å². The van der Waals surface area contributed by atoms with Gasteiger partial charge in [0, 0.05) is 38.3 Å². The molecule has 4 heteroatoms. The predicted octanol–water partition coefficient (Wildman–Crippen LogP) is 3.05. The summed E-state index contributed by atoms with van der Waals surface area (Å²) in [5.74, 6) is 0.103. The van der Waals surface area contributed by atoms with Crippen LogP contribution in [0.1, 0.15) is 22.3 Å². The first-order chi connectivity index (χ1) is 12.3. The van der Waals surface area contributed by atoms with Crippen molar-refractivity contribution in [1.82, 2.24) is 9.80 Å². The van der Waals surface area contributed by atoms with Gasteiger partial charge in [0.15, 0.2) is 0 Å². The standard InChI is InChI=1S/C21H26N2O2/c24-21(20-10-5-2-6-11-20)23(18-19-8-3-1-4-9-19)13-7-12-22-14-16-25-17-15-22/h1-6,8-11H,7,12-18H2. The predicted molar refractivity (Wildman–Crippen MR) is 99.5 cm³/mol. The van der Waals surface area contributed by atoms with Gasteiger partial charge in [-0.25, -0.2) is 0 Å². The molecule has 2 aromatic rings. The van der Waals surface area contributed by atoms with Gasteiger partial charge in [-0.2, -0.15) is 0 Å². The van der Waals surface area contributed by atoms with Gasteiger partial charge in [-0.1, -0.05) is 48.5 Å². The van der Waals surface area contributed by atoms with Crippen molar-refractivity contribution < 1.29 is 9.53 Å². The highest BCUT2D eigenvalue weighted by Crippen LogP contribution is 2.11. The number of morpholine rings is 1. The Labute approximate surface area is 150 Å². The summed E-state index contributed by atoms with van der Waals surface area (Å²) in [5.41, 5.74) is 1.92. The molecule has 0 aliphatic carbocycles. The zero-order valence-electron chi connectivity index (χ0n) is 14.6. The minimum Gasteiger partial charge on any atom is -0.379 e. The highest BCUT2D eigenvalue weighted by Gasteiger charge is 2.17. The molecule has 1 amide bonds. The maximum atomic E-state index is 12.9. The van der Waals surface area contributed by atoms with Crippen LogP contribution in [0, 0.1) is 0 Å². The molecule has 3 rings (SSSR count). The van der Waals surface area contributed by atoms with Crippen molar-refractivity contribution in [3.8, 4) is 0 Å². The highest BCUT2D eigenvalue weighted by molar-refractivity contribution is 5.94. The van der Waals surface area contributed by atoms with Crippen molar-refractivity contribution in [1.29, 1.82) is 0 Å². The van der Waals surface area contributed by atoms with Crippen molar-refractivity contribution in [2.24, 2.45) is 0 Å². The molecule has 0 spiro atoms. The van der Waals surface area contributed by atoms with Gasteiger partial charge in [-0.15, -0.1) is 0 Å². The van der Waals surface area contributed by atoms with E-state index in [1.165, 1.54) is 0 Å². The minimum absolute atomic E-state index is 0.103. The molecule has 1 aliphatic heterocycles. The van der Waals surface area contributed by atoms with E-state index in [9.17, 15) is 4.79 Å². The molecule has 1 saturated heterocycles. The second-order valence-electron chi connectivity index (χ2n) is 6.39. The average Bonchev–Trinajstić information content (AvgIpc) is 2.69. The minimum atomic E-state index is 0.103. The van der Waals surface area contributed by atoms with Crippen LogP contribution in [0.4, 0.5) is 0 Å². The summed E-state index contributed by atoms with van der Waals surface area (Å²) in [5, 5.41) is 0. The van der Waals surface area contributed by atoms with Crippen LogP contribution in [-0.4, -0.2) is 55.1 Å². The maximum absolute atomic E-state index is 12.9. The Hall–Kier alpha value is -2.17. The summed E-state index contributed by atoms with van der Waals surface area (Å²) in [6.45, 7) is 6.04. The normalized spacial score (nSPS) is 15.0. The zero-order valence-corrected chi connectivity index (χ0v) is 14.6.